The van der Waals surface area contributed by atoms with E-state index >= 15 is 0 Å². The monoisotopic (exact) mass is 555 g/mol. The Kier molecular flexibility index (Phi) is 9.94. The van der Waals surface area contributed by atoms with Gasteiger partial charge in [0.25, 0.3) is 10.0 Å². The number of hydrogen-bond donors (Lipinski definition) is 1. The van der Waals surface area contributed by atoms with Crippen LogP contribution in [0.15, 0.2) is 83.8 Å². The standard InChI is InChI=1S/C29H34ClN3O4S/c1-5-22(3)31-29(35)23(4)32(19-24-16-14-21(2)15-17-24)28(34)20-33(26-11-9-10-25(30)18-26)38(36,37)27-12-7-6-8-13-27/h6-18,22-23H,5,19-20H2,1-4H3,(H,31,35)/t22-,23+/m0/s1. The number of amides is 2. The summed E-state index contributed by atoms with van der Waals surface area (Å²) >= 11 is 6.19. The van der Waals surface area contributed by atoms with Crippen LogP contribution in [0, 0.1) is 6.92 Å². The number of hydrogen-bond acceptors (Lipinski definition) is 4. The number of carbonyl (C=O) groups excluding carboxylic acids is 2. The fraction of sp³-hybridized carbons (Fsp3) is 0.310. The van der Waals surface area contributed by atoms with E-state index in [1.807, 2.05) is 45.0 Å². The quantitative estimate of drug-likeness (QED) is 0.353. The lowest BCUT2D eigenvalue weighted by molar-refractivity contribution is -0.139. The molecular formula is C29H34ClN3O4S. The van der Waals surface area contributed by atoms with Crippen LogP contribution in [0.1, 0.15) is 38.3 Å². The van der Waals surface area contributed by atoms with E-state index in [0.29, 0.717) is 5.02 Å². The van der Waals surface area contributed by atoms with E-state index in [1.165, 1.54) is 23.1 Å². The summed E-state index contributed by atoms with van der Waals surface area (Å²) in [6, 6.07) is 21.0. The molecule has 0 fully saturated rings. The number of benzene rings is 3. The molecule has 3 rings (SSSR count). The van der Waals surface area contributed by atoms with Crippen LogP contribution >= 0.6 is 11.6 Å². The van der Waals surface area contributed by atoms with Gasteiger partial charge >= 0.3 is 0 Å². The summed E-state index contributed by atoms with van der Waals surface area (Å²) in [5, 5.41) is 3.26. The van der Waals surface area contributed by atoms with Crippen LogP contribution < -0.4 is 9.62 Å². The minimum Gasteiger partial charge on any atom is -0.352 e. The summed E-state index contributed by atoms with van der Waals surface area (Å²) in [5.41, 5.74) is 2.14. The van der Waals surface area contributed by atoms with Crippen LogP contribution in [0.3, 0.4) is 0 Å². The molecule has 3 aromatic carbocycles. The molecule has 0 unspecified atom stereocenters. The van der Waals surface area contributed by atoms with Crippen LogP contribution in [0.2, 0.25) is 5.02 Å². The first-order valence-corrected chi connectivity index (χ1v) is 14.3. The third-order valence-corrected chi connectivity index (χ3v) is 8.37. The van der Waals surface area contributed by atoms with Gasteiger partial charge in [-0.1, -0.05) is 72.6 Å². The predicted octanol–water partition coefficient (Wildman–Crippen LogP) is 5.18. The van der Waals surface area contributed by atoms with Crippen molar-refractivity contribution in [3.05, 3.63) is 95.0 Å². The highest BCUT2D eigenvalue weighted by Gasteiger charge is 2.32. The average molecular weight is 556 g/mol. The molecule has 0 radical (unpaired) electrons. The zero-order chi connectivity index (χ0) is 27.9. The van der Waals surface area contributed by atoms with Crippen LogP contribution in [-0.2, 0) is 26.2 Å². The van der Waals surface area contributed by atoms with Gasteiger partial charge in [-0.05, 0) is 63.1 Å². The molecule has 2 atom stereocenters. The number of carbonyl (C=O) groups is 2. The van der Waals surface area contributed by atoms with Gasteiger partial charge in [-0.15, -0.1) is 0 Å². The molecule has 0 aliphatic rings. The van der Waals surface area contributed by atoms with Gasteiger partial charge in [0.1, 0.15) is 12.6 Å². The number of halogens is 1. The van der Waals surface area contributed by atoms with Crippen molar-refractivity contribution in [1.82, 2.24) is 10.2 Å². The van der Waals surface area contributed by atoms with Crippen LogP contribution in [0.5, 0.6) is 0 Å². The smallest absolute Gasteiger partial charge is 0.264 e. The van der Waals surface area contributed by atoms with E-state index in [4.69, 9.17) is 11.6 Å². The number of nitrogens with one attached hydrogen (secondary N) is 1. The molecule has 9 heteroatoms. The van der Waals surface area contributed by atoms with Gasteiger partial charge in [0.2, 0.25) is 11.8 Å². The molecule has 0 spiro atoms. The second kappa shape index (κ2) is 12.9. The maximum Gasteiger partial charge on any atom is 0.264 e. The van der Waals surface area contributed by atoms with E-state index in [-0.39, 0.29) is 29.1 Å². The Morgan fingerprint density at radius 2 is 1.61 bits per heavy atom. The predicted molar refractivity (Wildman–Crippen MR) is 152 cm³/mol. The molecule has 0 saturated heterocycles. The second-order valence-electron chi connectivity index (χ2n) is 9.31. The first-order valence-electron chi connectivity index (χ1n) is 12.5. The molecule has 2 amide bonds. The first-order chi connectivity index (χ1) is 18.0. The number of anilines is 1. The number of nitrogens with zero attached hydrogens (tertiary/aromatic N) is 2. The minimum absolute atomic E-state index is 0.0421. The average Bonchev–Trinajstić information content (AvgIpc) is 2.91. The highest BCUT2D eigenvalue weighted by molar-refractivity contribution is 7.92. The Balaban J connectivity index is 2.01. The number of sulfonamides is 1. The molecule has 3 aromatic rings. The number of rotatable bonds is 11. The molecule has 38 heavy (non-hydrogen) atoms. The molecule has 0 bridgehead atoms. The van der Waals surface area contributed by atoms with Crippen molar-refractivity contribution in [1.29, 1.82) is 0 Å². The Bertz CT molecular complexity index is 1350. The SMILES string of the molecule is CC[C@H](C)NC(=O)[C@@H](C)N(Cc1ccc(C)cc1)C(=O)CN(c1cccc(Cl)c1)S(=O)(=O)c1ccccc1. The van der Waals surface area contributed by atoms with E-state index in [9.17, 15) is 18.0 Å². The van der Waals surface area contributed by atoms with Gasteiger partial charge in [-0.25, -0.2) is 8.42 Å². The summed E-state index contributed by atoms with van der Waals surface area (Å²) in [6.45, 7) is 7.10. The third-order valence-electron chi connectivity index (χ3n) is 6.35. The Labute approximate surface area is 230 Å². The van der Waals surface area contributed by atoms with Gasteiger partial charge < -0.3 is 10.2 Å². The lowest BCUT2D eigenvalue weighted by atomic mass is 10.1. The first kappa shape index (κ1) is 29.2. The molecule has 202 valence electrons. The molecule has 0 aliphatic heterocycles. The molecule has 1 N–H and O–H groups in total. The van der Waals surface area contributed by atoms with Crippen molar-refractivity contribution < 1.29 is 18.0 Å². The maximum absolute atomic E-state index is 13.9. The molecule has 7 nitrogen and oxygen atoms in total. The Morgan fingerprint density at radius 1 is 0.947 bits per heavy atom. The summed E-state index contributed by atoms with van der Waals surface area (Å²) in [5.74, 6) is -0.822. The lowest BCUT2D eigenvalue weighted by Crippen LogP contribution is -2.52. The lowest BCUT2D eigenvalue weighted by Gasteiger charge is -2.32. The van der Waals surface area contributed by atoms with Gasteiger partial charge in [0.15, 0.2) is 0 Å². The zero-order valence-corrected chi connectivity index (χ0v) is 23.7. The van der Waals surface area contributed by atoms with Gasteiger partial charge in [0.05, 0.1) is 10.6 Å². The highest BCUT2D eigenvalue weighted by atomic mass is 35.5. The van der Waals surface area contributed by atoms with E-state index < -0.39 is 28.5 Å². The topological polar surface area (TPSA) is 86.8 Å². The molecule has 0 aromatic heterocycles. The van der Waals surface area contributed by atoms with Crippen molar-refractivity contribution in [2.75, 3.05) is 10.8 Å². The summed E-state index contributed by atoms with van der Waals surface area (Å²) in [4.78, 5) is 28.4. The van der Waals surface area contributed by atoms with Gasteiger partial charge in [-0.2, -0.15) is 0 Å². The van der Waals surface area contributed by atoms with Gasteiger partial charge in [-0.3, -0.25) is 13.9 Å². The van der Waals surface area contributed by atoms with E-state index in [2.05, 4.69) is 5.32 Å². The minimum atomic E-state index is -4.12. The van der Waals surface area contributed by atoms with Crippen LogP contribution in [0.4, 0.5) is 5.69 Å². The molecule has 0 heterocycles. The summed E-state index contributed by atoms with van der Waals surface area (Å²) < 4.78 is 28.5. The Morgan fingerprint density at radius 3 is 2.21 bits per heavy atom. The zero-order valence-electron chi connectivity index (χ0n) is 22.1. The van der Waals surface area contributed by atoms with Crippen molar-refractivity contribution >= 4 is 39.1 Å². The van der Waals surface area contributed by atoms with Crippen molar-refractivity contribution in [3.63, 3.8) is 0 Å². The molecule has 0 saturated carbocycles. The Hall–Kier alpha value is -3.36. The summed E-state index contributed by atoms with van der Waals surface area (Å²) in [7, 11) is -4.12. The third kappa shape index (κ3) is 7.36. The fourth-order valence-corrected chi connectivity index (χ4v) is 5.43. The summed E-state index contributed by atoms with van der Waals surface area (Å²) in [6.07, 6.45) is 0.738. The van der Waals surface area contributed by atoms with Crippen molar-refractivity contribution in [3.8, 4) is 0 Å². The normalized spacial score (nSPS) is 12.9. The highest BCUT2D eigenvalue weighted by Crippen LogP contribution is 2.26. The largest absolute Gasteiger partial charge is 0.352 e. The van der Waals surface area contributed by atoms with Gasteiger partial charge in [0, 0.05) is 17.6 Å². The van der Waals surface area contributed by atoms with Crippen molar-refractivity contribution in [2.24, 2.45) is 0 Å². The van der Waals surface area contributed by atoms with E-state index in [1.54, 1.807) is 43.3 Å². The number of aryl methyl sites for hydroxylation is 1. The molecular weight excluding hydrogens is 522 g/mol. The second-order valence-corrected chi connectivity index (χ2v) is 11.6. The van der Waals surface area contributed by atoms with Crippen LogP contribution in [0.25, 0.3) is 0 Å². The van der Waals surface area contributed by atoms with Crippen molar-refractivity contribution in [2.45, 2.75) is 57.6 Å². The maximum atomic E-state index is 13.9. The van der Waals surface area contributed by atoms with Crippen LogP contribution in [-0.4, -0.2) is 43.8 Å². The fourth-order valence-electron chi connectivity index (χ4n) is 3.82. The molecule has 0 aliphatic carbocycles. The van der Waals surface area contributed by atoms with E-state index in [0.717, 1.165) is 21.9 Å².